The van der Waals surface area contributed by atoms with Crippen LogP contribution >= 0.6 is 27.3 Å². The van der Waals surface area contributed by atoms with Crippen molar-refractivity contribution >= 4 is 27.3 Å². The lowest BCUT2D eigenvalue weighted by Crippen LogP contribution is -2.55. The van der Waals surface area contributed by atoms with Crippen LogP contribution in [0.4, 0.5) is 0 Å². The van der Waals surface area contributed by atoms with Crippen LogP contribution < -0.4 is 5.32 Å². The maximum absolute atomic E-state index is 6.34. The molecule has 1 unspecified atom stereocenters. The van der Waals surface area contributed by atoms with Crippen molar-refractivity contribution in [2.24, 2.45) is 0 Å². The third-order valence-electron chi connectivity index (χ3n) is 4.44. The van der Waals surface area contributed by atoms with E-state index in [4.69, 9.17) is 4.74 Å². The van der Waals surface area contributed by atoms with E-state index in [1.807, 2.05) is 11.3 Å². The highest BCUT2D eigenvalue weighted by molar-refractivity contribution is 9.11. The second-order valence-electron chi connectivity index (χ2n) is 5.98. The molecular weight excluding hydrogens is 346 g/mol. The zero-order chi connectivity index (χ0) is 15.1. The van der Waals surface area contributed by atoms with E-state index in [1.165, 1.54) is 47.2 Å². The number of halogens is 1. The van der Waals surface area contributed by atoms with Crippen LogP contribution in [0.2, 0.25) is 0 Å². The van der Waals surface area contributed by atoms with Crippen molar-refractivity contribution in [3.8, 4) is 0 Å². The van der Waals surface area contributed by atoms with Crippen molar-refractivity contribution in [1.29, 1.82) is 0 Å². The molecule has 21 heavy (non-hydrogen) atoms. The number of hydrogen-bond acceptors (Lipinski definition) is 3. The van der Waals surface area contributed by atoms with Crippen LogP contribution in [0.25, 0.3) is 0 Å². The second kappa shape index (κ2) is 8.66. The van der Waals surface area contributed by atoms with Crippen LogP contribution in [-0.4, -0.2) is 24.8 Å². The molecule has 1 heterocycles. The first-order valence-electron chi connectivity index (χ1n) is 8.31. The molecule has 1 N–H and O–H groups in total. The molecule has 0 aromatic carbocycles. The lowest BCUT2D eigenvalue weighted by Gasteiger charge is -2.44. The Labute approximate surface area is 141 Å². The van der Waals surface area contributed by atoms with E-state index in [0.717, 1.165) is 19.6 Å². The Morgan fingerprint density at radius 1 is 1.29 bits per heavy atom. The molecule has 1 aromatic heterocycles. The van der Waals surface area contributed by atoms with Crippen LogP contribution in [0.1, 0.15) is 57.2 Å². The van der Waals surface area contributed by atoms with Crippen molar-refractivity contribution in [3.63, 3.8) is 0 Å². The van der Waals surface area contributed by atoms with Gasteiger partial charge in [-0.2, -0.15) is 0 Å². The van der Waals surface area contributed by atoms with Crippen molar-refractivity contribution in [2.75, 3.05) is 13.2 Å². The zero-order valence-electron chi connectivity index (χ0n) is 13.3. The fraction of sp³-hybridized carbons (Fsp3) is 0.765. The van der Waals surface area contributed by atoms with Gasteiger partial charge in [-0.25, -0.2) is 0 Å². The van der Waals surface area contributed by atoms with E-state index in [9.17, 15) is 0 Å². The van der Waals surface area contributed by atoms with Crippen LogP contribution in [0.5, 0.6) is 0 Å². The zero-order valence-corrected chi connectivity index (χ0v) is 15.7. The highest BCUT2D eigenvalue weighted by Crippen LogP contribution is 2.37. The fourth-order valence-corrected chi connectivity index (χ4v) is 4.99. The molecule has 1 atom stereocenters. The molecule has 0 spiro atoms. The fourth-order valence-electron chi connectivity index (χ4n) is 3.46. The summed E-state index contributed by atoms with van der Waals surface area (Å²) >= 11 is 5.43. The summed E-state index contributed by atoms with van der Waals surface area (Å²) in [6.07, 6.45) is 8.63. The first-order valence-corrected chi connectivity index (χ1v) is 9.92. The van der Waals surface area contributed by atoms with E-state index >= 15 is 0 Å². The first-order chi connectivity index (χ1) is 10.2. The van der Waals surface area contributed by atoms with Gasteiger partial charge < -0.3 is 10.1 Å². The van der Waals surface area contributed by atoms with E-state index in [2.05, 4.69) is 47.2 Å². The monoisotopic (exact) mass is 373 g/mol. The summed E-state index contributed by atoms with van der Waals surface area (Å²) in [6, 6.07) is 4.84. The van der Waals surface area contributed by atoms with Crippen LogP contribution in [0.3, 0.4) is 0 Å². The van der Waals surface area contributed by atoms with E-state index < -0.39 is 0 Å². The quantitative estimate of drug-likeness (QED) is 0.679. The predicted molar refractivity (Wildman–Crippen MR) is 95.2 cm³/mol. The molecule has 0 bridgehead atoms. The highest BCUT2D eigenvalue weighted by Gasteiger charge is 2.40. The molecule has 120 valence electrons. The molecule has 1 fully saturated rings. The third-order valence-corrected chi connectivity index (χ3v) is 6.09. The van der Waals surface area contributed by atoms with Crippen molar-refractivity contribution in [1.82, 2.24) is 5.32 Å². The summed E-state index contributed by atoms with van der Waals surface area (Å²) < 4.78 is 7.56. The summed E-state index contributed by atoms with van der Waals surface area (Å²) in [4.78, 5) is 1.44. The molecular formula is C17H28BrNOS. The molecule has 1 aliphatic rings. The maximum Gasteiger partial charge on any atom is 0.0838 e. The van der Waals surface area contributed by atoms with Crippen molar-refractivity contribution in [3.05, 3.63) is 20.8 Å². The Balaban J connectivity index is 2.14. The summed E-state index contributed by atoms with van der Waals surface area (Å²) in [7, 11) is 0. The molecule has 1 aromatic rings. The standard InChI is InChI=1S/C17H28BrNOS/c1-3-12-19-15(13-14-8-9-16(18)21-14)17(20-4-2)10-6-5-7-11-17/h8-9,15,19H,3-7,10-13H2,1-2H3. The summed E-state index contributed by atoms with van der Waals surface area (Å²) in [5.41, 5.74) is 0.0403. The van der Waals surface area contributed by atoms with Gasteiger partial charge in [0.2, 0.25) is 0 Å². The van der Waals surface area contributed by atoms with Gasteiger partial charge in [-0.15, -0.1) is 11.3 Å². The number of hydrogen-bond donors (Lipinski definition) is 1. The van der Waals surface area contributed by atoms with Gasteiger partial charge in [-0.05, 0) is 67.2 Å². The van der Waals surface area contributed by atoms with Gasteiger partial charge in [0.05, 0.1) is 9.39 Å². The predicted octanol–water partition coefficient (Wildman–Crippen LogP) is 5.16. The molecule has 1 saturated carbocycles. The van der Waals surface area contributed by atoms with E-state index in [1.54, 1.807) is 0 Å². The summed E-state index contributed by atoms with van der Waals surface area (Å²) in [5.74, 6) is 0. The van der Waals surface area contributed by atoms with E-state index in [0.29, 0.717) is 6.04 Å². The molecule has 0 amide bonds. The number of thiophene rings is 1. The average Bonchev–Trinajstić information content (AvgIpc) is 2.90. The van der Waals surface area contributed by atoms with E-state index in [-0.39, 0.29) is 5.60 Å². The van der Waals surface area contributed by atoms with Gasteiger partial charge in [0, 0.05) is 17.5 Å². The topological polar surface area (TPSA) is 21.3 Å². The molecule has 2 nitrogen and oxygen atoms in total. The van der Waals surface area contributed by atoms with Crippen LogP contribution in [0, 0.1) is 0 Å². The van der Waals surface area contributed by atoms with Gasteiger partial charge in [-0.1, -0.05) is 26.2 Å². The van der Waals surface area contributed by atoms with Crippen LogP contribution in [0.15, 0.2) is 15.9 Å². The van der Waals surface area contributed by atoms with Crippen LogP contribution in [-0.2, 0) is 11.2 Å². The van der Waals surface area contributed by atoms with Gasteiger partial charge in [-0.3, -0.25) is 0 Å². The Hall–Kier alpha value is 0.1000. The normalized spacial score (nSPS) is 19.6. The molecule has 0 saturated heterocycles. The molecule has 1 aliphatic carbocycles. The Morgan fingerprint density at radius 2 is 2.05 bits per heavy atom. The Bertz CT molecular complexity index is 409. The Kier molecular flexibility index (Phi) is 7.20. The summed E-state index contributed by atoms with van der Waals surface area (Å²) in [6.45, 7) is 6.26. The minimum absolute atomic E-state index is 0.0403. The summed E-state index contributed by atoms with van der Waals surface area (Å²) in [5, 5.41) is 3.79. The maximum atomic E-state index is 6.34. The minimum Gasteiger partial charge on any atom is -0.374 e. The average molecular weight is 374 g/mol. The van der Waals surface area contributed by atoms with Crippen molar-refractivity contribution in [2.45, 2.75) is 70.4 Å². The number of nitrogens with one attached hydrogen (secondary N) is 1. The van der Waals surface area contributed by atoms with Gasteiger partial charge in [0.25, 0.3) is 0 Å². The lowest BCUT2D eigenvalue weighted by atomic mass is 9.77. The first kappa shape index (κ1) is 17.5. The lowest BCUT2D eigenvalue weighted by molar-refractivity contribution is -0.0895. The molecule has 4 heteroatoms. The molecule has 0 aliphatic heterocycles. The number of ether oxygens (including phenoxy) is 1. The SMILES string of the molecule is CCCNC(Cc1ccc(Br)s1)C1(OCC)CCCCC1. The third kappa shape index (κ3) is 4.78. The van der Waals surface area contributed by atoms with Gasteiger partial charge >= 0.3 is 0 Å². The second-order valence-corrected chi connectivity index (χ2v) is 8.52. The largest absolute Gasteiger partial charge is 0.374 e. The molecule has 0 radical (unpaired) electrons. The van der Waals surface area contributed by atoms with Crippen molar-refractivity contribution < 1.29 is 4.74 Å². The Morgan fingerprint density at radius 3 is 2.62 bits per heavy atom. The van der Waals surface area contributed by atoms with Gasteiger partial charge in [0.15, 0.2) is 0 Å². The molecule has 2 rings (SSSR count). The minimum atomic E-state index is 0.0403. The number of rotatable bonds is 8. The highest BCUT2D eigenvalue weighted by atomic mass is 79.9. The smallest absolute Gasteiger partial charge is 0.0838 e. The van der Waals surface area contributed by atoms with Gasteiger partial charge in [0.1, 0.15) is 0 Å².